The van der Waals surface area contributed by atoms with Crippen LogP contribution in [0.3, 0.4) is 0 Å². The second kappa shape index (κ2) is 7.55. The van der Waals surface area contributed by atoms with Crippen molar-refractivity contribution in [2.45, 2.75) is 32.4 Å². The van der Waals surface area contributed by atoms with E-state index in [-0.39, 0.29) is 17.8 Å². The van der Waals surface area contributed by atoms with Crippen LogP contribution in [-0.2, 0) is 13.6 Å². The summed E-state index contributed by atoms with van der Waals surface area (Å²) < 4.78 is 21.4. The highest BCUT2D eigenvalue weighted by Crippen LogP contribution is 2.30. The molecule has 1 saturated carbocycles. The number of carbonyl (C=O) groups is 1. The number of nitrogens with zero attached hydrogens (tertiary/aromatic N) is 2. The number of nitrogens with one attached hydrogen (secondary N) is 2. The van der Waals surface area contributed by atoms with Crippen molar-refractivity contribution in [3.63, 3.8) is 0 Å². The lowest BCUT2D eigenvalue weighted by molar-refractivity contribution is 0.237. The maximum Gasteiger partial charge on any atom is 0.315 e. The predicted molar refractivity (Wildman–Crippen MR) is 91.6 cm³/mol. The van der Waals surface area contributed by atoms with Gasteiger partial charge in [0.15, 0.2) is 11.6 Å². The van der Waals surface area contributed by atoms with E-state index in [4.69, 9.17) is 4.74 Å². The van der Waals surface area contributed by atoms with Crippen LogP contribution in [-0.4, -0.2) is 22.2 Å². The van der Waals surface area contributed by atoms with E-state index < -0.39 is 5.82 Å². The zero-order valence-electron chi connectivity index (χ0n) is 14.5. The highest BCUT2D eigenvalue weighted by Gasteiger charge is 2.22. The number of halogens is 1. The molecule has 25 heavy (non-hydrogen) atoms. The van der Waals surface area contributed by atoms with Crippen molar-refractivity contribution in [2.24, 2.45) is 13.0 Å². The number of hydrogen-bond acceptors (Lipinski definition) is 3. The molecule has 0 radical (unpaired) electrons. The Labute approximate surface area is 146 Å². The third-order valence-corrected chi connectivity index (χ3v) is 4.30. The number of ether oxygens (including phenoxy) is 1. The van der Waals surface area contributed by atoms with Crippen LogP contribution in [0.5, 0.6) is 5.75 Å². The summed E-state index contributed by atoms with van der Waals surface area (Å²) in [5.74, 6) is 1.19. The molecule has 1 fully saturated rings. The number of aryl methyl sites for hydroxylation is 1. The summed E-state index contributed by atoms with van der Waals surface area (Å²) in [6.45, 7) is 2.70. The highest BCUT2D eigenvalue weighted by atomic mass is 19.1. The Bertz CT molecular complexity index is 742. The number of carbonyl (C=O) groups excluding carboxylic acids is 1. The first-order chi connectivity index (χ1) is 12.0. The van der Waals surface area contributed by atoms with Crippen LogP contribution in [0.15, 0.2) is 30.6 Å². The van der Waals surface area contributed by atoms with Crippen LogP contribution in [0, 0.1) is 11.7 Å². The Balaban J connectivity index is 1.51. The van der Waals surface area contributed by atoms with E-state index >= 15 is 0 Å². The van der Waals surface area contributed by atoms with Gasteiger partial charge in [-0.05, 0) is 43.4 Å². The maximum atomic E-state index is 14.1. The number of urea groups is 1. The van der Waals surface area contributed by atoms with E-state index in [0.29, 0.717) is 24.6 Å². The third kappa shape index (κ3) is 4.71. The summed E-state index contributed by atoms with van der Waals surface area (Å²) in [6, 6.07) is 4.15. The summed E-state index contributed by atoms with van der Waals surface area (Å²) in [5.41, 5.74) is 0.684. The average Bonchev–Trinajstić information content (AvgIpc) is 3.32. The number of benzene rings is 1. The van der Waals surface area contributed by atoms with Gasteiger partial charge >= 0.3 is 6.03 Å². The third-order valence-electron chi connectivity index (χ3n) is 4.30. The first kappa shape index (κ1) is 17.3. The standard InChI is InChI=1S/C18H23FN4O2/c1-12(22-18(24)21-10-17-20-7-8-23(17)2)14-5-6-16(15(19)9-14)25-11-13-3-4-13/h5-9,12-13H,3-4,10-11H2,1-2H3,(H2,21,22,24)/t12-/m1/s1. The number of aromatic nitrogens is 2. The van der Waals surface area contributed by atoms with Gasteiger partial charge in [0.05, 0.1) is 19.2 Å². The Morgan fingerprint density at radius 1 is 1.48 bits per heavy atom. The number of amides is 2. The fraction of sp³-hybridized carbons (Fsp3) is 0.444. The Morgan fingerprint density at radius 3 is 2.92 bits per heavy atom. The molecule has 0 aliphatic heterocycles. The van der Waals surface area contributed by atoms with Crippen molar-refractivity contribution >= 4 is 6.03 Å². The zero-order valence-corrected chi connectivity index (χ0v) is 14.5. The lowest BCUT2D eigenvalue weighted by Gasteiger charge is -2.16. The van der Waals surface area contributed by atoms with Crippen molar-refractivity contribution in [3.05, 3.63) is 47.8 Å². The van der Waals surface area contributed by atoms with Gasteiger partial charge < -0.3 is 19.9 Å². The molecule has 1 aromatic heterocycles. The van der Waals surface area contributed by atoms with Crippen LogP contribution < -0.4 is 15.4 Å². The summed E-state index contributed by atoms with van der Waals surface area (Å²) in [6.07, 6.45) is 5.81. The number of rotatable bonds is 7. The van der Waals surface area contributed by atoms with Gasteiger partial charge in [-0.1, -0.05) is 6.07 Å². The van der Waals surface area contributed by atoms with Gasteiger partial charge in [-0.15, -0.1) is 0 Å². The fourth-order valence-corrected chi connectivity index (χ4v) is 2.45. The van der Waals surface area contributed by atoms with Crippen LogP contribution in [0.4, 0.5) is 9.18 Å². The molecular weight excluding hydrogens is 323 g/mol. The second-order valence-corrected chi connectivity index (χ2v) is 6.45. The second-order valence-electron chi connectivity index (χ2n) is 6.45. The highest BCUT2D eigenvalue weighted by molar-refractivity contribution is 5.74. The van der Waals surface area contributed by atoms with E-state index in [1.54, 1.807) is 25.3 Å². The van der Waals surface area contributed by atoms with Crippen LogP contribution in [0.1, 0.15) is 37.2 Å². The molecule has 1 aliphatic rings. The molecular formula is C18H23FN4O2. The minimum Gasteiger partial charge on any atom is -0.490 e. The van der Waals surface area contributed by atoms with Gasteiger partial charge in [0.25, 0.3) is 0 Å². The van der Waals surface area contributed by atoms with Crippen LogP contribution in [0.25, 0.3) is 0 Å². The van der Waals surface area contributed by atoms with Gasteiger partial charge in [0, 0.05) is 19.4 Å². The summed E-state index contributed by atoms with van der Waals surface area (Å²) in [4.78, 5) is 16.1. The molecule has 0 saturated heterocycles. The predicted octanol–water partition coefficient (Wildman–Crippen LogP) is 2.91. The molecule has 2 amide bonds. The lowest BCUT2D eigenvalue weighted by Crippen LogP contribution is -2.37. The quantitative estimate of drug-likeness (QED) is 0.810. The molecule has 6 nitrogen and oxygen atoms in total. The van der Waals surface area contributed by atoms with E-state index in [0.717, 1.165) is 18.7 Å². The fourth-order valence-electron chi connectivity index (χ4n) is 2.45. The minimum absolute atomic E-state index is 0.266. The number of hydrogen-bond donors (Lipinski definition) is 2. The SMILES string of the molecule is C[C@@H](NC(=O)NCc1nccn1C)c1ccc(OCC2CC2)c(F)c1. The molecule has 0 spiro atoms. The molecule has 134 valence electrons. The molecule has 1 atom stereocenters. The van der Waals surface area contributed by atoms with Crippen molar-refractivity contribution in [3.8, 4) is 5.75 Å². The minimum atomic E-state index is -0.403. The van der Waals surface area contributed by atoms with E-state index in [1.165, 1.54) is 6.07 Å². The normalized spacial score (nSPS) is 14.8. The van der Waals surface area contributed by atoms with Gasteiger partial charge in [-0.25, -0.2) is 14.2 Å². The summed E-state index contributed by atoms with van der Waals surface area (Å²) in [7, 11) is 1.86. The van der Waals surface area contributed by atoms with Gasteiger partial charge in [0.2, 0.25) is 0 Å². The molecule has 1 heterocycles. The van der Waals surface area contributed by atoms with Gasteiger partial charge in [0.1, 0.15) is 5.82 Å². The Hall–Kier alpha value is -2.57. The Morgan fingerprint density at radius 2 is 2.28 bits per heavy atom. The van der Waals surface area contributed by atoms with E-state index in [1.807, 2.05) is 17.8 Å². The van der Waals surface area contributed by atoms with Gasteiger partial charge in [-0.2, -0.15) is 0 Å². The first-order valence-corrected chi connectivity index (χ1v) is 8.45. The molecule has 3 rings (SSSR count). The molecule has 1 aliphatic carbocycles. The van der Waals surface area contributed by atoms with E-state index in [9.17, 15) is 9.18 Å². The largest absolute Gasteiger partial charge is 0.490 e. The van der Waals surface area contributed by atoms with Crippen LogP contribution >= 0.6 is 0 Å². The molecule has 2 aromatic rings. The maximum absolute atomic E-state index is 14.1. The first-order valence-electron chi connectivity index (χ1n) is 8.45. The van der Waals surface area contributed by atoms with Crippen molar-refractivity contribution in [1.82, 2.24) is 20.2 Å². The number of imidazole rings is 1. The monoisotopic (exact) mass is 346 g/mol. The molecule has 1 aromatic carbocycles. The zero-order chi connectivity index (χ0) is 17.8. The smallest absolute Gasteiger partial charge is 0.315 e. The summed E-state index contributed by atoms with van der Waals surface area (Å²) >= 11 is 0. The van der Waals surface area contributed by atoms with E-state index in [2.05, 4.69) is 15.6 Å². The topological polar surface area (TPSA) is 68.2 Å². The van der Waals surface area contributed by atoms with Crippen LogP contribution in [0.2, 0.25) is 0 Å². The Kier molecular flexibility index (Phi) is 5.21. The summed E-state index contributed by atoms with van der Waals surface area (Å²) in [5, 5.41) is 5.53. The van der Waals surface area contributed by atoms with Gasteiger partial charge in [-0.3, -0.25) is 0 Å². The molecule has 0 unspecified atom stereocenters. The average molecular weight is 346 g/mol. The van der Waals surface area contributed by atoms with Crippen molar-refractivity contribution in [2.75, 3.05) is 6.61 Å². The lowest BCUT2D eigenvalue weighted by atomic mass is 10.1. The molecule has 0 bridgehead atoms. The van der Waals surface area contributed by atoms with Crippen molar-refractivity contribution in [1.29, 1.82) is 0 Å². The molecule has 2 N–H and O–H groups in total. The molecule has 7 heteroatoms. The van der Waals surface area contributed by atoms with Crippen molar-refractivity contribution < 1.29 is 13.9 Å².